The predicted octanol–water partition coefficient (Wildman–Crippen LogP) is 5.44. The van der Waals surface area contributed by atoms with Gasteiger partial charge in [-0.1, -0.05) is 38.5 Å². The van der Waals surface area contributed by atoms with Crippen molar-refractivity contribution in [1.82, 2.24) is 9.80 Å². The molecule has 1 N–H and O–H groups in total. The minimum atomic E-state index is -0.832. The lowest BCUT2D eigenvalue weighted by Gasteiger charge is -2.36. The molecule has 0 aromatic carbocycles. The molecule has 0 radical (unpaired) electrons. The minimum Gasteiger partial charge on any atom is -0.477 e. The molecule has 2 aliphatic rings. The molecule has 0 amide bonds. The van der Waals surface area contributed by atoms with Gasteiger partial charge in [-0.25, -0.2) is 4.79 Å². The van der Waals surface area contributed by atoms with Gasteiger partial charge in [-0.05, 0) is 82.8 Å². The Labute approximate surface area is 192 Å². The maximum Gasteiger partial charge on any atom is 0.346 e. The summed E-state index contributed by atoms with van der Waals surface area (Å²) in [6.07, 6.45) is 5.95. The summed E-state index contributed by atoms with van der Waals surface area (Å²) in [5.41, 5.74) is 3.45. The Bertz CT molecular complexity index is 892. The van der Waals surface area contributed by atoms with Gasteiger partial charge < -0.3 is 5.11 Å². The van der Waals surface area contributed by atoms with E-state index < -0.39 is 5.97 Å². The maximum atomic E-state index is 12.2. The van der Waals surface area contributed by atoms with Crippen LogP contribution in [-0.4, -0.2) is 60.1 Å². The fourth-order valence-corrected chi connectivity index (χ4v) is 5.45. The fourth-order valence-electron chi connectivity index (χ4n) is 4.57. The second kappa shape index (κ2) is 9.90. The van der Waals surface area contributed by atoms with Gasteiger partial charge in [-0.3, -0.25) is 9.80 Å². The molecule has 1 saturated carbocycles. The van der Waals surface area contributed by atoms with Gasteiger partial charge in [-0.15, -0.1) is 11.3 Å². The summed E-state index contributed by atoms with van der Waals surface area (Å²) in [5.74, 6) is 7.16. The highest BCUT2D eigenvalue weighted by Crippen LogP contribution is 2.41. The molecule has 1 aromatic rings. The van der Waals surface area contributed by atoms with Gasteiger partial charge in [-0.2, -0.15) is 0 Å². The molecule has 0 unspecified atom stereocenters. The fraction of sp³-hybridized carbons (Fsp3) is 0.654. The number of thiophene rings is 1. The highest BCUT2D eigenvalue weighted by atomic mass is 32.1. The van der Waals surface area contributed by atoms with Gasteiger partial charge in [0.15, 0.2) is 0 Å². The van der Waals surface area contributed by atoms with Crippen LogP contribution >= 0.6 is 11.3 Å². The van der Waals surface area contributed by atoms with Gasteiger partial charge in [0.2, 0.25) is 0 Å². The lowest BCUT2D eigenvalue weighted by molar-refractivity contribution is 0.0702. The Morgan fingerprint density at radius 2 is 1.97 bits per heavy atom. The van der Waals surface area contributed by atoms with Crippen LogP contribution in [0.5, 0.6) is 0 Å². The summed E-state index contributed by atoms with van der Waals surface area (Å²) in [6, 6.07) is 2.05. The van der Waals surface area contributed by atoms with Crippen molar-refractivity contribution in [2.45, 2.75) is 65.3 Å². The Balaban J connectivity index is 2.04. The van der Waals surface area contributed by atoms with Crippen LogP contribution in [0.25, 0.3) is 5.57 Å². The molecule has 5 heteroatoms. The Hall–Kier alpha value is -1.61. The summed E-state index contributed by atoms with van der Waals surface area (Å²) >= 11 is 1.33. The van der Waals surface area contributed by atoms with Crippen molar-refractivity contribution in [3.8, 4) is 11.8 Å². The molecule has 4 nitrogen and oxygen atoms in total. The first kappa shape index (κ1) is 24.0. The maximum absolute atomic E-state index is 12.2. The quantitative estimate of drug-likeness (QED) is 0.617. The van der Waals surface area contributed by atoms with E-state index >= 15 is 0 Å². The average Bonchev–Trinajstić information content (AvgIpc) is 3.17. The second-order valence-electron chi connectivity index (χ2n) is 9.94. The molecule has 0 saturated heterocycles. The molecule has 31 heavy (non-hydrogen) atoms. The third-order valence-corrected chi connectivity index (χ3v) is 8.32. The Morgan fingerprint density at radius 1 is 1.29 bits per heavy atom. The van der Waals surface area contributed by atoms with Gasteiger partial charge in [0.25, 0.3) is 0 Å². The third kappa shape index (κ3) is 5.61. The summed E-state index contributed by atoms with van der Waals surface area (Å²) in [5, 5.41) is 9.98. The molecule has 0 bridgehead atoms. The van der Waals surface area contributed by atoms with Gasteiger partial charge in [0.1, 0.15) is 4.88 Å². The lowest BCUT2D eigenvalue weighted by Crippen LogP contribution is -2.36. The number of carboxylic acid groups (broad SMARTS) is 1. The molecule has 2 heterocycles. The van der Waals surface area contributed by atoms with Gasteiger partial charge >= 0.3 is 5.97 Å². The van der Waals surface area contributed by atoms with E-state index in [0.29, 0.717) is 10.8 Å². The third-order valence-electron chi connectivity index (χ3n) is 7.28. The topological polar surface area (TPSA) is 43.8 Å². The first-order valence-corrected chi connectivity index (χ1v) is 12.5. The Kier molecular flexibility index (Phi) is 7.68. The van der Waals surface area contributed by atoms with E-state index in [1.807, 2.05) is 14.1 Å². The SMILES string of the molecule is CCN1CCC(c2cc(C#CC(C)(C)N(C)C)sc2C(=O)O)=C(C2CCC(C)CC2)C1. The summed E-state index contributed by atoms with van der Waals surface area (Å²) in [4.78, 5) is 18.0. The van der Waals surface area contributed by atoms with Crippen LogP contribution in [0.3, 0.4) is 0 Å². The number of hydrogen-bond donors (Lipinski definition) is 1. The molecule has 0 atom stereocenters. The van der Waals surface area contributed by atoms with E-state index in [9.17, 15) is 9.90 Å². The zero-order chi connectivity index (χ0) is 22.8. The van der Waals surface area contributed by atoms with E-state index in [2.05, 4.69) is 55.4 Å². The highest BCUT2D eigenvalue weighted by Gasteiger charge is 2.30. The lowest BCUT2D eigenvalue weighted by atomic mass is 9.75. The number of aromatic carboxylic acids is 1. The van der Waals surface area contributed by atoms with Crippen molar-refractivity contribution in [3.63, 3.8) is 0 Å². The van der Waals surface area contributed by atoms with Crippen LogP contribution in [0, 0.1) is 23.7 Å². The van der Waals surface area contributed by atoms with Crippen LogP contribution in [0.4, 0.5) is 0 Å². The van der Waals surface area contributed by atoms with E-state index in [1.54, 1.807) is 0 Å². The zero-order valence-electron chi connectivity index (χ0n) is 20.0. The van der Waals surface area contributed by atoms with Crippen LogP contribution in [0.15, 0.2) is 11.6 Å². The molecule has 0 spiro atoms. The molecular formula is C26H38N2O2S. The standard InChI is InChI=1S/C26H38N2O2S/c1-7-28-15-13-21(23(17-28)19-10-8-18(2)9-11-19)22-16-20(31-24(22)25(29)30)12-14-26(3,4)27(5)6/h16,18-19H,7-11,13,15,17H2,1-6H3,(H,29,30). The second-order valence-corrected chi connectivity index (χ2v) is 11.0. The van der Waals surface area contributed by atoms with Crippen molar-refractivity contribution >= 4 is 22.9 Å². The van der Waals surface area contributed by atoms with Crippen LogP contribution in [0.2, 0.25) is 0 Å². The largest absolute Gasteiger partial charge is 0.477 e. The van der Waals surface area contributed by atoms with E-state index in [-0.39, 0.29) is 5.54 Å². The number of carbonyl (C=O) groups is 1. The van der Waals surface area contributed by atoms with Crippen molar-refractivity contribution in [1.29, 1.82) is 0 Å². The number of nitrogens with zero attached hydrogens (tertiary/aromatic N) is 2. The smallest absolute Gasteiger partial charge is 0.346 e. The zero-order valence-corrected chi connectivity index (χ0v) is 20.9. The minimum absolute atomic E-state index is 0.261. The summed E-state index contributed by atoms with van der Waals surface area (Å²) < 4.78 is 0. The molecule has 1 aromatic heterocycles. The molecule has 1 aliphatic heterocycles. The van der Waals surface area contributed by atoms with E-state index in [0.717, 1.165) is 42.4 Å². The van der Waals surface area contributed by atoms with Crippen molar-refractivity contribution < 1.29 is 9.90 Å². The van der Waals surface area contributed by atoms with E-state index in [1.165, 1.54) is 48.2 Å². The van der Waals surface area contributed by atoms with Crippen molar-refractivity contribution in [3.05, 3.63) is 27.0 Å². The summed E-state index contributed by atoms with van der Waals surface area (Å²) in [6.45, 7) is 11.8. The van der Waals surface area contributed by atoms with E-state index in [4.69, 9.17) is 0 Å². The number of likely N-dealkylation sites (N-methyl/N-ethyl adjacent to an activating group) is 1. The van der Waals surface area contributed by atoms with Crippen molar-refractivity contribution in [2.24, 2.45) is 11.8 Å². The number of hydrogen-bond acceptors (Lipinski definition) is 4. The van der Waals surface area contributed by atoms with Gasteiger partial charge in [0, 0.05) is 18.7 Å². The average molecular weight is 443 g/mol. The first-order chi connectivity index (χ1) is 14.6. The van der Waals surface area contributed by atoms with Crippen LogP contribution in [0.1, 0.15) is 79.9 Å². The van der Waals surface area contributed by atoms with Crippen LogP contribution in [-0.2, 0) is 0 Å². The molecule has 1 fully saturated rings. The monoisotopic (exact) mass is 442 g/mol. The van der Waals surface area contributed by atoms with Crippen molar-refractivity contribution in [2.75, 3.05) is 33.7 Å². The number of rotatable bonds is 5. The first-order valence-electron chi connectivity index (χ1n) is 11.6. The highest BCUT2D eigenvalue weighted by molar-refractivity contribution is 7.14. The molecule has 170 valence electrons. The Morgan fingerprint density at radius 3 is 2.55 bits per heavy atom. The van der Waals surface area contributed by atoms with Gasteiger partial charge in [0.05, 0.1) is 10.4 Å². The molecule has 3 rings (SSSR count). The molecular weight excluding hydrogens is 404 g/mol. The summed E-state index contributed by atoms with van der Waals surface area (Å²) in [7, 11) is 4.03. The molecule has 1 aliphatic carbocycles. The predicted molar refractivity (Wildman–Crippen MR) is 131 cm³/mol. The van der Waals surface area contributed by atoms with Crippen LogP contribution < -0.4 is 0 Å². The normalized spacial score (nSPS) is 23.1. The number of carboxylic acids is 1.